The Kier molecular flexibility index (Phi) is 3.52. The van der Waals surface area contributed by atoms with Crippen molar-refractivity contribution in [1.29, 1.82) is 0 Å². The van der Waals surface area contributed by atoms with Gasteiger partial charge in [0, 0.05) is 48.8 Å². The van der Waals surface area contributed by atoms with Crippen molar-refractivity contribution in [3.63, 3.8) is 0 Å². The number of nitrogens with zero attached hydrogens (tertiary/aromatic N) is 4. The van der Waals surface area contributed by atoms with Gasteiger partial charge in [-0.2, -0.15) is 0 Å². The molecule has 1 aliphatic rings. The van der Waals surface area contributed by atoms with Crippen molar-refractivity contribution in [2.45, 2.75) is 18.9 Å². The van der Waals surface area contributed by atoms with Crippen LogP contribution in [0.2, 0.25) is 5.28 Å². The molecule has 3 aromatic heterocycles. The van der Waals surface area contributed by atoms with E-state index in [-0.39, 0.29) is 5.28 Å². The molecule has 0 unspecified atom stereocenters. The van der Waals surface area contributed by atoms with E-state index in [0.717, 1.165) is 48.2 Å². The fraction of sp³-hybridized carbons (Fsp3) is 0.312. The molecule has 0 saturated carbocycles. The fourth-order valence-corrected chi connectivity index (χ4v) is 3.20. The van der Waals surface area contributed by atoms with E-state index in [0.29, 0.717) is 6.04 Å². The van der Waals surface area contributed by atoms with E-state index in [2.05, 4.69) is 25.7 Å². The van der Waals surface area contributed by atoms with Crippen LogP contribution < -0.4 is 0 Å². The van der Waals surface area contributed by atoms with Gasteiger partial charge in [0.15, 0.2) is 0 Å². The summed E-state index contributed by atoms with van der Waals surface area (Å²) in [7, 11) is 0. The molecule has 0 N–H and O–H groups in total. The lowest BCUT2D eigenvalue weighted by atomic mass is 10.1. The molecule has 5 nitrogen and oxygen atoms in total. The van der Waals surface area contributed by atoms with Crippen LogP contribution in [0.5, 0.6) is 0 Å². The summed E-state index contributed by atoms with van der Waals surface area (Å²) in [6.07, 6.45) is 9.59. The standard InChI is InChI=1S/C16H15ClN4O/c17-16-19-6-2-14(20-16)13-10-21(11-3-7-22-8-4-11)15-9-18-5-1-12(13)15/h1-2,5-6,9-11H,3-4,7-8H2. The van der Waals surface area contributed by atoms with Crippen LogP contribution in [-0.2, 0) is 4.74 Å². The van der Waals surface area contributed by atoms with Crippen molar-refractivity contribution in [2.24, 2.45) is 0 Å². The first-order valence-electron chi connectivity index (χ1n) is 7.34. The van der Waals surface area contributed by atoms with E-state index in [4.69, 9.17) is 16.3 Å². The van der Waals surface area contributed by atoms with Gasteiger partial charge in [-0.3, -0.25) is 4.98 Å². The Morgan fingerprint density at radius 3 is 2.86 bits per heavy atom. The molecule has 3 aromatic rings. The number of rotatable bonds is 2. The summed E-state index contributed by atoms with van der Waals surface area (Å²) in [6.45, 7) is 1.61. The number of fused-ring (bicyclic) bond motifs is 1. The topological polar surface area (TPSA) is 52.8 Å². The maximum Gasteiger partial charge on any atom is 0.222 e. The molecular weight excluding hydrogens is 300 g/mol. The van der Waals surface area contributed by atoms with Crippen LogP contribution >= 0.6 is 11.6 Å². The second-order valence-electron chi connectivity index (χ2n) is 5.40. The normalized spacial score (nSPS) is 16.2. The molecular formula is C16H15ClN4O. The molecule has 0 radical (unpaired) electrons. The van der Waals surface area contributed by atoms with Crippen molar-refractivity contribution in [2.75, 3.05) is 13.2 Å². The highest BCUT2D eigenvalue weighted by Crippen LogP contribution is 2.33. The van der Waals surface area contributed by atoms with E-state index in [9.17, 15) is 0 Å². The van der Waals surface area contributed by atoms with Crippen LogP contribution in [0.4, 0.5) is 0 Å². The molecule has 0 atom stereocenters. The molecule has 4 heterocycles. The van der Waals surface area contributed by atoms with Crippen molar-refractivity contribution in [1.82, 2.24) is 19.5 Å². The summed E-state index contributed by atoms with van der Waals surface area (Å²) >= 11 is 5.94. The van der Waals surface area contributed by atoms with Crippen LogP contribution in [-0.4, -0.2) is 32.7 Å². The van der Waals surface area contributed by atoms with E-state index < -0.39 is 0 Å². The van der Waals surface area contributed by atoms with Gasteiger partial charge < -0.3 is 9.30 Å². The molecule has 112 valence electrons. The molecule has 0 spiro atoms. The summed E-state index contributed by atoms with van der Waals surface area (Å²) in [4.78, 5) is 12.6. The zero-order valence-corrected chi connectivity index (χ0v) is 12.7. The maximum atomic E-state index is 5.94. The molecule has 1 saturated heterocycles. The van der Waals surface area contributed by atoms with Crippen molar-refractivity contribution < 1.29 is 4.74 Å². The highest BCUT2D eigenvalue weighted by molar-refractivity contribution is 6.28. The molecule has 22 heavy (non-hydrogen) atoms. The molecule has 1 fully saturated rings. The van der Waals surface area contributed by atoms with Crippen molar-refractivity contribution >= 4 is 22.5 Å². The first kappa shape index (κ1) is 13.7. The molecule has 6 heteroatoms. The Hall–Kier alpha value is -1.98. The Balaban J connectivity index is 1.88. The number of hydrogen-bond acceptors (Lipinski definition) is 4. The average Bonchev–Trinajstić information content (AvgIpc) is 2.95. The fourth-order valence-electron chi connectivity index (χ4n) is 3.05. The molecule has 0 aliphatic carbocycles. The van der Waals surface area contributed by atoms with Gasteiger partial charge in [-0.25, -0.2) is 9.97 Å². The van der Waals surface area contributed by atoms with Gasteiger partial charge in [0.05, 0.1) is 17.4 Å². The van der Waals surface area contributed by atoms with E-state index >= 15 is 0 Å². The van der Waals surface area contributed by atoms with Gasteiger partial charge in [0.1, 0.15) is 0 Å². The minimum atomic E-state index is 0.263. The largest absolute Gasteiger partial charge is 0.381 e. The van der Waals surface area contributed by atoms with Gasteiger partial charge in [-0.1, -0.05) is 0 Å². The predicted octanol–water partition coefficient (Wildman–Crippen LogP) is 3.50. The lowest BCUT2D eigenvalue weighted by Crippen LogP contribution is -2.18. The second-order valence-corrected chi connectivity index (χ2v) is 5.74. The quantitative estimate of drug-likeness (QED) is 0.679. The Bertz CT molecular complexity index is 811. The Morgan fingerprint density at radius 1 is 1.18 bits per heavy atom. The summed E-state index contributed by atoms with van der Waals surface area (Å²) in [5.41, 5.74) is 3.02. The first-order valence-corrected chi connectivity index (χ1v) is 7.72. The lowest BCUT2D eigenvalue weighted by molar-refractivity contribution is 0.0707. The SMILES string of the molecule is Clc1nccc(-c2cn(C3CCOCC3)c3cnccc23)n1. The maximum absolute atomic E-state index is 5.94. The lowest BCUT2D eigenvalue weighted by Gasteiger charge is -2.24. The number of ether oxygens (including phenoxy) is 1. The summed E-state index contributed by atoms with van der Waals surface area (Å²) in [5, 5.41) is 1.40. The van der Waals surface area contributed by atoms with Gasteiger partial charge in [0.25, 0.3) is 0 Å². The molecule has 1 aliphatic heterocycles. The Labute approximate surface area is 132 Å². The van der Waals surface area contributed by atoms with E-state index in [1.165, 1.54) is 0 Å². The summed E-state index contributed by atoms with van der Waals surface area (Å²) in [6, 6.07) is 4.35. The number of hydrogen-bond donors (Lipinski definition) is 0. The van der Waals surface area contributed by atoms with Crippen molar-refractivity contribution in [3.8, 4) is 11.3 Å². The van der Waals surface area contributed by atoms with E-state index in [1.54, 1.807) is 6.20 Å². The van der Waals surface area contributed by atoms with E-state index in [1.807, 2.05) is 24.5 Å². The number of pyridine rings is 1. The number of aromatic nitrogens is 4. The zero-order valence-electron chi connectivity index (χ0n) is 11.9. The van der Waals surface area contributed by atoms with Crippen LogP contribution in [0.3, 0.4) is 0 Å². The third-order valence-corrected chi connectivity index (χ3v) is 4.31. The van der Waals surface area contributed by atoms with Crippen LogP contribution in [0.25, 0.3) is 22.2 Å². The molecule has 0 aromatic carbocycles. The third-order valence-electron chi connectivity index (χ3n) is 4.12. The van der Waals surface area contributed by atoms with Gasteiger partial charge in [-0.15, -0.1) is 0 Å². The minimum Gasteiger partial charge on any atom is -0.381 e. The summed E-state index contributed by atoms with van der Waals surface area (Å²) < 4.78 is 7.78. The third kappa shape index (κ3) is 2.36. The van der Waals surface area contributed by atoms with Gasteiger partial charge >= 0.3 is 0 Å². The average molecular weight is 315 g/mol. The van der Waals surface area contributed by atoms with Crippen LogP contribution in [0.1, 0.15) is 18.9 Å². The second kappa shape index (κ2) is 5.66. The van der Waals surface area contributed by atoms with Gasteiger partial charge in [-0.05, 0) is 36.6 Å². The molecule has 4 rings (SSSR count). The smallest absolute Gasteiger partial charge is 0.222 e. The monoisotopic (exact) mass is 314 g/mol. The first-order chi connectivity index (χ1) is 10.8. The zero-order chi connectivity index (χ0) is 14.9. The number of halogens is 1. The van der Waals surface area contributed by atoms with Crippen LogP contribution in [0, 0.1) is 0 Å². The highest BCUT2D eigenvalue weighted by Gasteiger charge is 2.20. The molecule has 0 amide bonds. The Morgan fingerprint density at radius 2 is 2.05 bits per heavy atom. The minimum absolute atomic E-state index is 0.263. The van der Waals surface area contributed by atoms with Crippen molar-refractivity contribution in [3.05, 3.63) is 42.2 Å². The predicted molar refractivity (Wildman–Crippen MR) is 84.9 cm³/mol. The molecule has 0 bridgehead atoms. The summed E-state index contributed by atoms with van der Waals surface area (Å²) in [5.74, 6) is 0. The van der Waals surface area contributed by atoms with Gasteiger partial charge in [0.2, 0.25) is 5.28 Å². The highest BCUT2D eigenvalue weighted by atomic mass is 35.5. The van der Waals surface area contributed by atoms with Crippen LogP contribution in [0.15, 0.2) is 36.9 Å².